The second kappa shape index (κ2) is 6.55. The van der Waals surface area contributed by atoms with Crippen molar-refractivity contribution in [3.63, 3.8) is 0 Å². The summed E-state index contributed by atoms with van der Waals surface area (Å²) in [6.45, 7) is 2.87. The lowest BCUT2D eigenvalue weighted by atomic mass is 10.0. The molecule has 0 saturated heterocycles. The maximum atomic E-state index is 10.4. The van der Waals surface area contributed by atoms with Crippen molar-refractivity contribution in [1.29, 1.82) is 0 Å². The van der Waals surface area contributed by atoms with Crippen LogP contribution in [0.15, 0.2) is 54.7 Å². The van der Waals surface area contributed by atoms with Crippen molar-refractivity contribution in [2.24, 2.45) is 0 Å². The van der Waals surface area contributed by atoms with Crippen LogP contribution in [-0.4, -0.2) is 9.67 Å². The zero-order valence-corrected chi connectivity index (χ0v) is 13.4. The number of halogens is 1. The monoisotopic (exact) mass is 313 g/mol. The van der Waals surface area contributed by atoms with E-state index in [1.165, 1.54) is 5.56 Å². The number of para-hydroxylation sites is 1. The molecule has 2 aromatic carbocycles. The number of benzene rings is 2. The lowest BCUT2D eigenvalue weighted by Crippen LogP contribution is -1.98. The summed E-state index contributed by atoms with van der Waals surface area (Å²) in [6.07, 6.45) is 3.44. The Morgan fingerprint density at radius 1 is 1.09 bits per heavy atom. The lowest BCUT2D eigenvalue weighted by Gasteiger charge is -2.07. The van der Waals surface area contributed by atoms with Gasteiger partial charge in [0.05, 0.1) is 6.10 Å². The van der Waals surface area contributed by atoms with Gasteiger partial charge in [0.1, 0.15) is 0 Å². The van der Waals surface area contributed by atoms with Gasteiger partial charge in [-0.05, 0) is 30.2 Å². The minimum Gasteiger partial charge on any atom is -0.388 e. The molecule has 0 spiro atoms. The minimum atomic E-state index is -0.402. The molecule has 1 heterocycles. The van der Waals surface area contributed by atoms with Crippen LogP contribution in [0.3, 0.4) is 0 Å². The van der Waals surface area contributed by atoms with E-state index in [1.54, 1.807) is 0 Å². The van der Waals surface area contributed by atoms with Gasteiger partial charge in [-0.1, -0.05) is 55.3 Å². The molecule has 114 valence electrons. The average molecular weight is 314 g/mol. The van der Waals surface area contributed by atoms with Crippen LogP contribution >= 0.6 is 11.6 Å². The fraction of sp³-hybridized carbons (Fsp3) is 0.263. The predicted molar refractivity (Wildman–Crippen MR) is 92.4 cm³/mol. The second-order valence-corrected chi connectivity index (χ2v) is 6.10. The highest BCUT2D eigenvalue weighted by atomic mass is 35.5. The third kappa shape index (κ3) is 3.03. The van der Waals surface area contributed by atoms with Crippen LogP contribution in [0.25, 0.3) is 10.9 Å². The summed E-state index contributed by atoms with van der Waals surface area (Å²) in [5.41, 5.74) is 3.37. The molecule has 0 amide bonds. The summed E-state index contributed by atoms with van der Waals surface area (Å²) in [6, 6.07) is 16.2. The molecule has 1 unspecified atom stereocenters. The molecule has 3 heteroatoms. The number of hydrogen-bond donors (Lipinski definition) is 1. The molecule has 0 fully saturated rings. The first kappa shape index (κ1) is 15.1. The zero-order chi connectivity index (χ0) is 15.5. The summed E-state index contributed by atoms with van der Waals surface area (Å²) in [5.74, 6) is 0. The summed E-state index contributed by atoms with van der Waals surface area (Å²) < 4.78 is 2.20. The van der Waals surface area contributed by atoms with Crippen LogP contribution < -0.4 is 0 Å². The van der Waals surface area contributed by atoms with Gasteiger partial charge in [0.2, 0.25) is 0 Å². The SMILES string of the molecule is CCCC(O)c1cn(Cc2ccc(Cl)cc2)c2ccccc12. The van der Waals surface area contributed by atoms with Gasteiger partial charge in [0.25, 0.3) is 0 Å². The van der Waals surface area contributed by atoms with E-state index in [-0.39, 0.29) is 0 Å². The van der Waals surface area contributed by atoms with Gasteiger partial charge in [-0.2, -0.15) is 0 Å². The van der Waals surface area contributed by atoms with Crippen LogP contribution in [0.4, 0.5) is 0 Å². The Morgan fingerprint density at radius 3 is 2.55 bits per heavy atom. The Hall–Kier alpha value is -1.77. The maximum Gasteiger partial charge on any atom is 0.0810 e. The number of nitrogens with zero attached hydrogens (tertiary/aromatic N) is 1. The molecule has 0 aliphatic rings. The number of fused-ring (bicyclic) bond motifs is 1. The summed E-state index contributed by atoms with van der Waals surface area (Å²) in [5, 5.41) is 12.3. The molecule has 1 N–H and O–H groups in total. The van der Waals surface area contributed by atoms with Crippen LogP contribution in [0.2, 0.25) is 5.02 Å². The molecular weight excluding hydrogens is 294 g/mol. The first-order chi connectivity index (χ1) is 10.7. The fourth-order valence-electron chi connectivity index (χ4n) is 2.89. The van der Waals surface area contributed by atoms with Crippen LogP contribution in [0, 0.1) is 0 Å². The number of aromatic nitrogens is 1. The molecule has 0 aliphatic carbocycles. The van der Waals surface area contributed by atoms with E-state index >= 15 is 0 Å². The summed E-state index contributed by atoms with van der Waals surface area (Å²) >= 11 is 5.95. The molecule has 1 atom stereocenters. The maximum absolute atomic E-state index is 10.4. The molecule has 1 aromatic heterocycles. The van der Waals surface area contributed by atoms with Crippen molar-refractivity contribution in [3.8, 4) is 0 Å². The van der Waals surface area contributed by atoms with Gasteiger partial charge in [-0.3, -0.25) is 0 Å². The summed E-state index contributed by atoms with van der Waals surface area (Å²) in [4.78, 5) is 0. The topological polar surface area (TPSA) is 25.2 Å². The van der Waals surface area contributed by atoms with E-state index in [0.717, 1.165) is 40.9 Å². The molecular formula is C19H20ClNO. The first-order valence-electron chi connectivity index (χ1n) is 7.69. The first-order valence-corrected chi connectivity index (χ1v) is 8.07. The van der Waals surface area contributed by atoms with Crippen molar-refractivity contribution in [1.82, 2.24) is 4.57 Å². The molecule has 0 aliphatic heterocycles. The Labute approximate surface area is 136 Å². The fourth-order valence-corrected chi connectivity index (χ4v) is 3.01. The van der Waals surface area contributed by atoms with E-state index in [4.69, 9.17) is 11.6 Å². The van der Waals surface area contributed by atoms with E-state index < -0.39 is 6.10 Å². The molecule has 0 saturated carbocycles. The van der Waals surface area contributed by atoms with Crippen molar-refractivity contribution in [3.05, 3.63) is 70.9 Å². The molecule has 0 radical (unpaired) electrons. The number of hydrogen-bond acceptors (Lipinski definition) is 1. The largest absolute Gasteiger partial charge is 0.388 e. The van der Waals surface area contributed by atoms with Gasteiger partial charge >= 0.3 is 0 Å². The van der Waals surface area contributed by atoms with Crippen molar-refractivity contribution < 1.29 is 5.11 Å². The van der Waals surface area contributed by atoms with E-state index in [1.807, 2.05) is 36.4 Å². The lowest BCUT2D eigenvalue weighted by molar-refractivity contribution is 0.168. The van der Waals surface area contributed by atoms with E-state index in [0.29, 0.717) is 0 Å². The predicted octanol–water partition coefficient (Wildman–Crippen LogP) is 5.18. The summed E-state index contributed by atoms with van der Waals surface area (Å²) in [7, 11) is 0. The highest BCUT2D eigenvalue weighted by molar-refractivity contribution is 6.30. The third-order valence-electron chi connectivity index (χ3n) is 4.01. The minimum absolute atomic E-state index is 0.402. The van der Waals surface area contributed by atoms with Crippen molar-refractivity contribution in [2.45, 2.75) is 32.4 Å². The Bertz CT molecular complexity index is 761. The normalized spacial score (nSPS) is 12.7. The molecule has 2 nitrogen and oxygen atoms in total. The van der Waals surface area contributed by atoms with E-state index in [9.17, 15) is 5.11 Å². The number of rotatable bonds is 5. The van der Waals surface area contributed by atoms with Crippen LogP contribution in [-0.2, 0) is 6.54 Å². The van der Waals surface area contributed by atoms with Gasteiger partial charge in [-0.25, -0.2) is 0 Å². The highest BCUT2D eigenvalue weighted by Gasteiger charge is 2.14. The van der Waals surface area contributed by atoms with Gasteiger partial charge in [0, 0.05) is 34.2 Å². The Kier molecular flexibility index (Phi) is 4.51. The smallest absolute Gasteiger partial charge is 0.0810 e. The zero-order valence-electron chi connectivity index (χ0n) is 12.7. The Balaban J connectivity index is 2.00. The average Bonchev–Trinajstić information content (AvgIpc) is 2.89. The molecule has 3 aromatic rings. The molecule has 3 rings (SSSR count). The van der Waals surface area contributed by atoms with Gasteiger partial charge < -0.3 is 9.67 Å². The third-order valence-corrected chi connectivity index (χ3v) is 4.26. The quantitative estimate of drug-likeness (QED) is 0.690. The second-order valence-electron chi connectivity index (χ2n) is 5.66. The number of aliphatic hydroxyl groups is 1. The van der Waals surface area contributed by atoms with Crippen LogP contribution in [0.5, 0.6) is 0 Å². The number of aliphatic hydroxyl groups excluding tert-OH is 1. The van der Waals surface area contributed by atoms with Gasteiger partial charge in [-0.15, -0.1) is 0 Å². The molecule has 0 bridgehead atoms. The Morgan fingerprint density at radius 2 is 1.82 bits per heavy atom. The standard InChI is InChI=1S/C19H20ClNO/c1-2-5-19(22)17-13-21(18-7-4-3-6-16(17)18)12-14-8-10-15(20)11-9-14/h3-4,6-11,13,19,22H,2,5,12H2,1H3. The van der Waals surface area contributed by atoms with E-state index in [2.05, 4.69) is 29.8 Å². The molecule has 22 heavy (non-hydrogen) atoms. The van der Waals surface area contributed by atoms with Gasteiger partial charge in [0.15, 0.2) is 0 Å². The highest BCUT2D eigenvalue weighted by Crippen LogP contribution is 2.29. The van der Waals surface area contributed by atoms with Crippen molar-refractivity contribution in [2.75, 3.05) is 0 Å². The van der Waals surface area contributed by atoms with Crippen molar-refractivity contribution >= 4 is 22.5 Å². The van der Waals surface area contributed by atoms with Crippen LogP contribution in [0.1, 0.15) is 37.0 Å².